The number of aryl methyl sites for hydroxylation is 2. The molecule has 0 aliphatic rings. The fourth-order valence-corrected chi connectivity index (χ4v) is 3.58. The molecular weight excluding hydrogens is 436 g/mol. The molecule has 8 heteroatoms. The quantitative estimate of drug-likeness (QED) is 0.511. The second kappa shape index (κ2) is 13.3. The third-order valence-corrected chi connectivity index (χ3v) is 5.61. The van der Waals surface area contributed by atoms with Gasteiger partial charge < -0.3 is 20.4 Å². The number of hydrogen-bond donors (Lipinski definition) is 2. The summed E-state index contributed by atoms with van der Waals surface area (Å²) in [4.78, 5) is 3.94. The predicted octanol–water partition coefficient (Wildman–Crippen LogP) is 4.83. The molecule has 166 valence electrons. The first kappa shape index (κ1) is 25.1. The standard InChI is InChI=1S/C24H28N6S2/c1-19-9-11-21(12-10-19)27-23(31)29(15-5-13-25)17-18-30(16-6-14-26)24(32)28-22-8-4-3-7-20(22)2/h3-4,7-12H,5-6,15-18H2,1-2H3,(H,27,31)(H,28,32). The van der Waals surface area contributed by atoms with Crippen molar-refractivity contribution in [2.45, 2.75) is 26.7 Å². The van der Waals surface area contributed by atoms with E-state index < -0.39 is 0 Å². The van der Waals surface area contributed by atoms with Crippen LogP contribution in [0.15, 0.2) is 48.5 Å². The summed E-state index contributed by atoms with van der Waals surface area (Å²) in [5.74, 6) is 0. The van der Waals surface area contributed by atoms with E-state index in [1.54, 1.807) is 0 Å². The van der Waals surface area contributed by atoms with E-state index in [9.17, 15) is 0 Å². The summed E-state index contributed by atoms with van der Waals surface area (Å²) in [5, 5.41) is 25.8. The maximum Gasteiger partial charge on any atom is 0.173 e. The van der Waals surface area contributed by atoms with E-state index in [1.165, 1.54) is 5.56 Å². The van der Waals surface area contributed by atoms with Gasteiger partial charge in [-0.1, -0.05) is 35.9 Å². The van der Waals surface area contributed by atoms with Crippen molar-refractivity contribution >= 4 is 46.0 Å². The summed E-state index contributed by atoms with van der Waals surface area (Å²) < 4.78 is 0. The molecule has 0 aromatic heterocycles. The van der Waals surface area contributed by atoms with Crippen LogP contribution >= 0.6 is 24.4 Å². The zero-order valence-electron chi connectivity index (χ0n) is 18.5. The van der Waals surface area contributed by atoms with Gasteiger partial charge in [-0.2, -0.15) is 10.5 Å². The molecular formula is C24H28N6S2. The van der Waals surface area contributed by atoms with Gasteiger partial charge >= 0.3 is 0 Å². The van der Waals surface area contributed by atoms with E-state index in [0.29, 0.717) is 49.2 Å². The highest BCUT2D eigenvalue weighted by Gasteiger charge is 2.15. The molecule has 0 atom stereocenters. The van der Waals surface area contributed by atoms with Crippen molar-refractivity contribution in [2.24, 2.45) is 0 Å². The highest BCUT2D eigenvalue weighted by Crippen LogP contribution is 2.15. The molecule has 0 fully saturated rings. The smallest absolute Gasteiger partial charge is 0.173 e. The van der Waals surface area contributed by atoms with Gasteiger partial charge in [-0.3, -0.25) is 0 Å². The van der Waals surface area contributed by atoms with Crippen LogP contribution in [0, 0.1) is 36.5 Å². The maximum atomic E-state index is 9.08. The van der Waals surface area contributed by atoms with Crippen LogP contribution in [0.2, 0.25) is 0 Å². The first-order valence-corrected chi connectivity index (χ1v) is 11.2. The fraction of sp³-hybridized carbons (Fsp3) is 0.333. The first-order valence-electron chi connectivity index (χ1n) is 10.4. The summed E-state index contributed by atoms with van der Waals surface area (Å²) in [6.45, 7) is 6.21. The van der Waals surface area contributed by atoms with Gasteiger partial charge in [-0.15, -0.1) is 0 Å². The van der Waals surface area contributed by atoms with Gasteiger partial charge in [0.15, 0.2) is 10.2 Å². The molecule has 2 aromatic rings. The third-order valence-electron chi connectivity index (χ3n) is 4.89. The van der Waals surface area contributed by atoms with Gasteiger partial charge in [0.2, 0.25) is 0 Å². The van der Waals surface area contributed by atoms with E-state index in [-0.39, 0.29) is 0 Å². The Morgan fingerprint density at radius 3 is 1.84 bits per heavy atom. The Labute approximate surface area is 201 Å². The zero-order valence-corrected chi connectivity index (χ0v) is 20.1. The Hall–Kier alpha value is -3.20. The molecule has 2 aromatic carbocycles. The van der Waals surface area contributed by atoms with Gasteiger partial charge in [0.25, 0.3) is 0 Å². The fourth-order valence-electron chi connectivity index (χ4n) is 2.99. The number of benzene rings is 2. The predicted molar refractivity (Wildman–Crippen MR) is 138 cm³/mol. The van der Waals surface area contributed by atoms with Crippen molar-refractivity contribution in [1.29, 1.82) is 10.5 Å². The second-order valence-electron chi connectivity index (χ2n) is 7.33. The lowest BCUT2D eigenvalue weighted by atomic mass is 10.2. The summed E-state index contributed by atoms with van der Waals surface area (Å²) in [5.41, 5.74) is 4.11. The van der Waals surface area contributed by atoms with Crippen molar-refractivity contribution in [3.8, 4) is 12.1 Å². The number of hydrogen-bond acceptors (Lipinski definition) is 4. The van der Waals surface area contributed by atoms with Crippen molar-refractivity contribution in [3.05, 3.63) is 59.7 Å². The lowest BCUT2D eigenvalue weighted by Gasteiger charge is -2.30. The van der Waals surface area contributed by atoms with E-state index >= 15 is 0 Å². The van der Waals surface area contributed by atoms with Crippen LogP contribution in [0.1, 0.15) is 24.0 Å². The van der Waals surface area contributed by atoms with Gasteiger partial charge in [0, 0.05) is 37.6 Å². The monoisotopic (exact) mass is 464 g/mol. The molecule has 6 nitrogen and oxygen atoms in total. The Morgan fingerprint density at radius 2 is 1.31 bits per heavy atom. The van der Waals surface area contributed by atoms with E-state index in [2.05, 4.69) is 22.8 Å². The maximum absolute atomic E-state index is 9.08. The average molecular weight is 465 g/mol. The van der Waals surface area contributed by atoms with E-state index in [4.69, 9.17) is 35.0 Å². The molecule has 32 heavy (non-hydrogen) atoms. The number of nitrogens with one attached hydrogen (secondary N) is 2. The highest BCUT2D eigenvalue weighted by molar-refractivity contribution is 7.80. The zero-order chi connectivity index (χ0) is 23.3. The summed E-state index contributed by atoms with van der Waals surface area (Å²) in [7, 11) is 0. The van der Waals surface area contributed by atoms with Gasteiger partial charge in [-0.25, -0.2) is 0 Å². The molecule has 0 radical (unpaired) electrons. The molecule has 0 aliphatic heterocycles. The SMILES string of the molecule is Cc1ccc(NC(=S)N(CCC#N)CCN(CCC#N)C(=S)Nc2ccccc2C)cc1. The summed E-state index contributed by atoms with van der Waals surface area (Å²) in [6.07, 6.45) is 0.722. The number of nitrogens with zero attached hydrogens (tertiary/aromatic N) is 4. The topological polar surface area (TPSA) is 78.1 Å². The van der Waals surface area contributed by atoms with Crippen LogP contribution in [-0.4, -0.2) is 46.2 Å². The van der Waals surface area contributed by atoms with Crippen molar-refractivity contribution in [1.82, 2.24) is 9.80 Å². The van der Waals surface area contributed by atoms with Crippen molar-refractivity contribution < 1.29 is 0 Å². The van der Waals surface area contributed by atoms with Crippen LogP contribution in [0.5, 0.6) is 0 Å². The summed E-state index contributed by atoms with van der Waals surface area (Å²) >= 11 is 11.3. The Balaban J connectivity index is 2.06. The minimum atomic E-state index is 0.361. The van der Waals surface area contributed by atoms with E-state index in [1.807, 2.05) is 72.2 Å². The largest absolute Gasteiger partial charge is 0.346 e. The molecule has 0 aliphatic carbocycles. The van der Waals surface area contributed by atoms with Gasteiger partial charge in [-0.05, 0) is 62.0 Å². The number of nitriles is 2. The van der Waals surface area contributed by atoms with Crippen molar-refractivity contribution in [2.75, 3.05) is 36.8 Å². The number of para-hydroxylation sites is 1. The lowest BCUT2D eigenvalue weighted by Crippen LogP contribution is -2.44. The van der Waals surface area contributed by atoms with Crippen LogP contribution in [-0.2, 0) is 0 Å². The Morgan fingerprint density at radius 1 is 0.781 bits per heavy atom. The molecule has 0 unspecified atom stereocenters. The Kier molecular flexibility index (Phi) is 10.4. The molecule has 0 amide bonds. The molecule has 0 bridgehead atoms. The van der Waals surface area contributed by atoms with Crippen LogP contribution < -0.4 is 10.6 Å². The third kappa shape index (κ3) is 8.14. The molecule has 0 saturated carbocycles. The Bertz CT molecular complexity index is 991. The lowest BCUT2D eigenvalue weighted by molar-refractivity contribution is 0.350. The highest BCUT2D eigenvalue weighted by atomic mass is 32.1. The first-order chi connectivity index (χ1) is 15.4. The molecule has 0 spiro atoms. The van der Waals surface area contributed by atoms with Gasteiger partial charge in [0.1, 0.15) is 0 Å². The number of thiocarbonyl (C=S) groups is 2. The molecule has 2 rings (SSSR count). The molecule has 2 N–H and O–H groups in total. The number of anilines is 2. The molecule has 0 heterocycles. The number of rotatable bonds is 9. The van der Waals surface area contributed by atoms with E-state index in [0.717, 1.165) is 16.9 Å². The minimum absolute atomic E-state index is 0.361. The minimum Gasteiger partial charge on any atom is -0.346 e. The van der Waals surface area contributed by atoms with Gasteiger partial charge in [0.05, 0.1) is 25.0 Å². The second-order valence-corrected chi connectivity index (χ2v) is 8.10. The normalized spacial score (nSPS) is 9.88. The van der Waals surface area contributed by atoms with Crippen molar-refractivity contribution in [3.63, 3.8) is 0 Å². The van der Waals surface area contributed by atoms with Crippen LogP contribution in [0.25, 0.3) is 0 Å². The van der Waals surface area contributed by atoms with Crippen LogP contribution in [0.4, 0.5) is 11.4 Å². The van der Waals surface area contributed by atoms with Crippen LogP contribution in [0.3, 0.4) is 0 Å². The average Bonchev–Trinajstić information content (AvgIpc) is 2.78. The molecule has 0 saturated heterocycles. The summed E-state index contributed by atoms with van der Waals surface area (Å²) in [6, 6.07) is 20.3.